The van der Waals surface area contributed by atoms with E-state index in [1.807, 2.05) is 30.5 Å². The molecule has 1 atom stereocenters. The van der Waals surface area contributed by atoms with Gasteiger partial charge in [-0.1, -0.05) is 36.4 Å². The third-order valence-corrected chi connectivity index (χ3v) is 3.50. The number of carbonyl (C=O) groups is 1. The second-order valence-corrected chi connectivity index (χ2v) is 4.93. The molecule has 0 radical (unpaired) electrons. The smallest absolute Gasteiger partial charge is 0.225 e. The zero-order chi connectivity index (χ0) is 13.1. The van der Waals surface area contributed by atoms with E-state index in [-0.39, 0.29) is 5.91 Å². The van der Waals surface area contributed by atoms with Gasteiger partial charge in [-0.3, -0.25) is 9.78 Å². The lowest BCUT2D eigenvalue weighted by Gasteiger charge is -2.10. The summed E-state index contributed by atoms with van der Waals surface area (Å²) in [5, 5.41) is 5.05. The molecule has 1 aliphatic rings. The van der Waals surface area contributed by atoms with Gasteiger partial charge in [0.15, 0.2) is 0 Å². The highest BCUT2D eigenvalue weighted by Gasteiger charge is 2.14. The van der Waals surface area contributed by atoms with Crippen LogP contribution in [0.15, 0.2) is 48.8 Å². The number of carbonyl (C=O) groups excluding carboxylic acids is 1. The zero-order valence-electron chi connectivity index (χ0n) is 10.7. The normalized spacial score (nSPS) is 17.8. The maximum atomic E-state index is 12.0. The molecule has 2 aromatic rings. The van der Waals surface area contributed by atoms with Gasteiger partial charge in [-0.15, -0.1) is 0 Å². The molecule has 96 valence electrons. The summed E-state index contributed by atoms with van der Waals surface area (Å²) in [6, 6.07) is 7.94. The summed E-state index contributed by atoms with van der Waals surface area (Å²) in [5.74, 6) is 0.456. The standard InChI is InChI=1S/C16H16N2O/c19-16(9-12-5-1-2-6-12)18-15-11-17-10-13-7-3-4-8-14(13)15/h1,3-5,7-8,10-12H,2,6,9H2,(H,18,19)/t12-/m1/s1. The fourth-order valence-electron chi connectivity index (χ4n) is 2.52. The molecular weight excluding hydrogens is 236 g/mol. The molecule has 1 amide bonds. The number of pyridine rings is 1. The molecule has 3 rings (SSSR count). The van der Waals surface area contributed by atoms with Gasteiger partial charge < -0.3 is 5.32 Å². The van der Waals surface area contributed by atoms with E-state index in [4.69, 9.17) is 0 Å². The van der Waals surface area contributed by atoms with Crippen LogP contribution in [0.1, 0.15) is 19.3 Å². The average Bonchev–Trinajstić information content (AvgIpc) is 2.92. The topological polar surface area (TPSA) is 42.0 Å². The number of allylic oxidation sites excluding steroid dienone is 2. The fourth-order valence-corrected chi connectivity index (χ4v) is 2.52. The van der Waals surface area contributed by atoms with Crippen LogP contribution in [-0.2, 0) is 4.79 Å². The van der Waals surface area contributed by atoms with E-state index in [1.54, 1.807) is 6.20 Å². The Morgan fingerprint density at radius 3 is 3.05 bits per heavy atom. The Morgan fingerprint density at radius 1 is 1.32 bits per heavy atom. The van der Waals surface area contributed by atoms with Crippen LogP contribution in [0.4, 0.5) is 5.69 Å². The van der Waals surface area contributed by atoms with Gasteiger partial charge in [-0.2, -0.15) is 0 Å². The molecule has 1 heterocycles. The second kappa shape index (κ2) is 5.22. The highest BCUT2D eigenvalue weighted by atomic mass is 16.1. The molecule has 1 aromatic heterocycles. The first kappa shape index (κ1) is 11.9. The van der Waals surface area contributed by atoms with Crippen LogP contribution in [0.5, 0.6) is 0 Å². The maximum Gasteiger partial charge on any atom is 0.225 e. The first-order chi connectivity index (χ1) is 9.33. The molecule has 3 nitrogen and oxygen atoms in total. The van der Waals surface area contributed by atoms with Crippen LogP contribution in [0.2, 0.25) is 0 Å². The van der Waals surface area contributed by atoms with Gasteiger partial charge in [-0.05, 0) is 18.8 Å². The number of hydrogen-bond donors (Lipinski definition) is 1. The summed E-state index contributed by atoms with van der Waals surface area (Å²) in [4.78, 5) is 16.2. The summed E-state index contributed by atoms with van der Waals surface area (Å²) in [6.07, 6.45) is 10.5. The van der Waals surface area contributed by atoms with Gasteiger partial charge in [0.2, 0.25) is 5.91 Å². The van der Waals surface area contributed by atoms with Crippen molar-refractivity contribution in [3.05, 3.63) is 48.8 Å². The number of fused-ring (bicyclic) bond motifs is 1. The minimum atomic E-state index is 0.0645. The molecule has 0 unspecified atom stereocenters. The first-order valence-corrected chi connectivity index (χ1v) is 6.62. The Balaban J connectivity index is 1.77. The van der Waals surface area contributed by atoms with Crippen molar-refractivity contribution < 1.29 is 4.79 Å². The lowest BCUT2D eigenvalue weighted by molar-refractivity contribution is -0.116. The zero-order valence-corrected chi connectivity index (χ0v) is 10.7. The lowest BCUT2D eigenvalue weighted by atomic mass is 10.0. The van der Waals surface area contributed by atoms with Crippen molar-refractivity contribution in [1.29, 1.82) is 0 Å². The quantitative estimate of drug-likeness (QED) is 0.849. The van der Waals surface area contributed by atoms with Crippen molar-refractivity contribution >= 4 is 22.4 Å². The van der Waals surface area contributed by atoms with Crippen LogP contribution in [0.3, 0.4) is 0 Å². The third-order valence-electron chi connectivity index (χ3n) is 3.50. The van der Waals surface area contributed by atoms with E-state index in [9.17, 15) is 4.79 Å². The van der Waals surface area contributed by atoms with Crippen LogP contribution < -0.4 is 5.32 Å². The van der Waals surface area contributed by atoms with Gasteiger partial charge in [-0.25, -0.2) is 0 Å². The largest absolute Gasteiger partial charge is 0.324 e. The summed E-state index contributed by atoms with van der Waals surface area (Å²) in [6.45, 7) is 0. The number of hydrogen-bond acceptors (Lipinski definition) is 2. The van der Waals surface area contributed by atoms with Crippen molar-refractivity contribution in [2.45, 2.75) is 19.3 Å². The minimum absolute atomic E-state index is 0.0645. The minimum Gasteiger partial charge on any atom is -0.324 e. The first-order valence-electron chi connectivity index (χ1n) is 6.62. The predicted molar refractivity (Wildman–Crippen MR) is 76.9 cm³/mol. The van der Waals surface area contributed by atoms with Crippen LogP contribution in [0, 0.1) is 5.92 Å². The molecule has 0 bridgehead atoms. The van der Waals surface area contributed by atoms with Gasteiger partial charge in [0.05, 0.1) is 11.9 Å². The second-order valence-electron chi connectivity index (χ2n) is 4.93. The van der Waals surface area contributed by atoms with E-state index in [0.29, 0.717) is 12.3 Å². The molecule has 1 N–H and O–H groups in total. The molecule has 0 saturated carbocycles. The lowest BCUT2D eigenvalue weighted by Crippen LogP contribution is -2.15. The third kappa shape index (κ3) is 2.65. The van der Waals surface area contributed by atoms with Crippen LogP contribution in [-0.4, -0.2) is 10.9 Å². The van der Waals surface area contributed by atoms with E-state index >= 15 is 0 Å². The molecule has 0 aliphatic heterocycles. The number of aromatic nitrogens is 1. The number of rotatable bonds is 3. The van der Waals surface area contributed by atoms with Crippen LogP contribution >= 0.6 is 0 Å². The summed E-state index contributed by atoms with van der Waals surface area (Å²) in [7, 11) is 0. The van der Waals surface area contributed by atoms with Crippen molar-refractivity contribution in [3.8, 4) is 0 Å². The molecule has 1 aliphatic carbocycles. The number of amides is 1. The van der Waals surface area contributed by atoms with Gasteiger partial charge in [0, 0.05) is 23.4 Å². The number of anilines is 1. The number of nitrogens with one attached hydrogen (secondary N) is 1. The number of nitrogens with zero attached hydrogens (tertiary/aromatic N) is 1. The molecule has 1 aromatic carbocycles. The molecule has 19 heavy (non-hydrogen) atoms. The molecular formula is C16H16N2O. The Labute approximate surface area is 112 Å². The molecule has 0 fully saturated rings. The molecule has 0 saturated heterocycles. The van der Waals surface area contributed by atoms with Gasteiger partial charge >= 0.3 is 0 Å². The van der Waals surface area contributed by atoms with Crippen molar-refractivity contribution in [3.63, 3.8) is 0 Å². The van der Waals surface area contributed by atoms with Crippen molar-refractivity contribution in [1.82, 2.24) is 4.98 Å². The molecule has 3 heteroatoms. The Hall–Kier alpha value is -2.16. The van der Waals surface area contributed by atoms with E-state index < -0.39 is 0 Å². The van der Waals surface area contributed by atoms with E-state index in [0.717, 1.165) is 29.3 Å². The SMILES string of the molecule is O=C(C[C@@H]1C=CCC1)Nc1cncc2ccccc12. The summed E-state index contributed by atoms with van der Waals surface area (Å²) in [5.41, 5.74) is 0.796. The Morgan fingerprint density at radius 2 is 2.21 bits per heavy atom. The Bertz CT molecular complexity index is 628. The molecule has 0 spiro atoms. The average molecular weight is 252 g/mol. The van der Waals surface area contributed by atoms with Crippen LogP contribution in [0.25, 0.3) is 10.8 Å². The van der Waals surface area contributed by atoms with Gasteiger partial charge in [0.25, 0.3) is 0 Å². The highest BCUT2D eigenvalue weighted by Crippen LogP contribution is 2.24. The highest BCUT2D eigenvalue weighted by molar-refractivity contribution is 6.01. The summed E-state index contributed by atoms with van der Waals surface area (Å²) >= 11 is 0. The number of benzene rings is 1. The van der Waals surface area contributed by atoms with E-state index in [2.05, 4.69) is 22.5 Å². The van der Waals surface area contributed by atoms with Crippen molar-refractivity contribution in [2.75, 3.05) is 5.32 Å². The fraction of sp³-hybridized carbons (Fsp3) is 0.250. The summed E-state index contributed by atoms with van der Waals surface area (Å²) < 4.78 is 0. The maximum absolute atomic E-state index is 12.0. The predicted octanol–water partition coefficient (Wildman–Crippen LogP) is 3.53. The van der Waals surface area contributed by atoms with Gasteiger partial charge in [0.1, 0.15) is 0 Å². The van der Waals surface area contributed by atoms with E-state index in [1.165, 1.54) is 0 Å². The monoisotopic (exact) mass is 252 g/mol. The Kier molecular flexibility index (Phi) is 3.27. The van der Waals surface area contributed by atoms with Crippen molar-refractivity contribution in [2.24, 2.45) is 5.92 Å².